The van der Waals surface area contributed by atoms with Crippen molar-refractivity contribution < 1.29 is 9.59 Å². The van der Waals surface area contributed by atoms with E-state index in [-0.39, 0.29) is 17.7 Å². The van der Waals surface area contributed by atoms with E-state index in [9.17, 15) is 9.59 Å². The Morgan fingerprint density at radius 2 is 1.81 bits per heavy atom. The standard InChI is InChI=1S/C22H32N2O2/c1-2-13-24-14-11-20(12-15-24)23-22(26)10-9-21(25)19-8-7-17-5-3-4-6-18(17)16-19/h7-8,16,20H,2-6,9-15H2,1H3,(H,23,26). The zero-order chi connectivity index (χ0) is 18.4. The number of likely N-dealkylation sites (tertiary alicyclic amines) is 1. The molecule has 1 heterocycles. The van der Waals surface area contributed by atoms with Crippen molar-refractivity contribution in [1.82, 2.24) is 10.2 Å². The van der Waals surface area contributed by atoms with E-state index >= 15 is 0 Å². The molecule has 0 unspecified atom stereocenters. The van der Waals surface area contributed by atoms with Crippen LogP contribution in [-0.4, -0.2) is 42.3 Å². The number of aryl methyl sites for hydroxylation is 2. The highest BCUT2D eigenvalue weighted by Gasteiger charge is 2.20. The predicted molar refractivity (Wildman–Crippen MR) is 105 cm³/mol. The number of fused-ring (bicyclic) bond motifs is 1. The molecule has 1 aromatic rings. The van der Waals surface area contributed by atoms with Crippen LogP contribution in [0.25, 0.3) is 0 Å². The van der Waals surface area contributed by atoms with E-state index in [0.717, 1.165) is 50.9 Å². The molecule has 1 saturated heterocycles. The van der Waals surface area contributed by atoms with Crippen LogP contribution in [0.5, 0.6) is 0 Å². The fourth-order valence-electron chi connectivity index (χ4n) is 4.20. The lowest BCUT2D eigenvalue weighted by molar-refractivity contribution is -0.122. The number of ketones is 1. The first-order chi connectivity index (χ1) is 12.7. The van der Waals surface area contributed by atoms with Crippen LogP contribution in [0, 0.1) is 0 Å². The van der Waals surface area contributed by atoms with Gasteiger partial charge >= 0.3 is 0 Å². The van der Waals surface area contributed by atoms with Crippen LogP contribution in [0.2, 0.25) is 0 Å². The van der Waals surface area contributed by atoms with Gasteiger partial charge < -0.3 is 10.2 Å². The van der Waals surface area contributed by atoms with Gasteiger partial charge in [-0.2, -0.15) is 0 Å². The van der Waals surface area contributed by atoms with E-state index in [0.29, 0.717) is 12.8 Å². The highest BCUT2D eigenvalue weighted by molar-refractivity contribution is 5.98. The predicted octanol–water partition coefficient (Wildman–Crippen LogP) is 3.52. The molecule has 0 spiro atoms. The zero-order valence-corrected chi connectivity index (χ0v) is 16.1. The third-order valence-corrected chi connectivity index (χ3v) is 5.74. The average Bonchev–Trinajstić information content (AvgIpc) is 2.67. The SMILES string of the molecule is CCCN1CCC(NC(=O)CCC(=O)c2ccc3c(c2)CCCC3)CC1. The highest BCUT2D eigenvalue weighted by Crippen LogP contribution is 2.23. The fraction of sp³-hybridized carbons (Fsp3) is 0.636. The molecule has 142 valence electrons. The molecule has 0 atom stereocenters. The van der Waals surface area contributed by atoms with E-state index < -0.39 is 0 Å². The summed E-state index contributed by atoms with van der Waals surface area (Å²) in [6.07, 6.45) is 8.49. The maximum absolute atomic E-state index is 12.5. The summed E-state index contributed by atoms with van der Waals surface area (Å²) in [5.41, 5.74) is 3.48. The van der Waals surface area contributed by atoms with Crippen LogP contribution in [0.1, 0.15) is 73.4 Å². The molecular formula is C22H32N2O2. The number of rotatable bonds is 7. The smallest absolute Gasteiger partial charge is 0.220 e. The molecule has 1 N–H and O–H groups in total. The maximum Gasteiger partial charge on any atom is 0.220 e. The summed E-state index contributed by atoms with van der Waals surface area (Å²) in [7, 11) is 0. The van der Waals surface area contributed by atoms with Gasteiger partial charge in [-0.05, 0) is 68.7 Å². The second-order valence-electron chi connectivity index (χ2n) is 7.80. The Labute approximate surface area is 157 Å². The Hall–Kier alpha value is -1.68. The molecule has 0 aromatic heterocycles. The molecule has 1 aromatic carbocycles. The van der Waals surface area contributed by atoms with Crippen molar-refractivity contribution in [3.63, 3.8) is 0 Å². The maximum atomic E-state index is 12.5. The Balaban J connectivity index is 1.42. The van der Waals surface area contributed by atoms with E-state index in [1.807, 2.05) is 6.07 Å². The number of carbonyl (C=O) groups excluding carboxylic acids is 2. The van der Waals surface area contributed by atoms with Gasteiger partial charge in [0.15, 0.2) is 5.78 Å². The fourth-order valence-corrected chi connectivity index (χ4v) is 4.20. The second kappa shape index (κ2) is 9.31. The van der Waals surface area contributed by atoms with Crippen molar-refractivity contribution in [2.24, 2.45) is 0 Å². The molecule has 26 heavy (non-hydrogen) atoms. The number of nitrogens with one attached hydrogen (secondary N) is 1. The number of Topliss-reactive ketones (excluding diaryl/α,β-unsaturated/α-hetero) is 1. The van der Waals surface area contributed by atoms with Gasteiger partial charge in [0.2, 0.25) is 5.91 Å². The number of amides is 1. The Kier molecular flexibility index (Phi) is 6.84. The lowest BCUT2D eigenvalue weighted by Gasteiger charge is -2.32. The summed E-state index contributed by atoms with van der Waals surface area (Å²) in [6, 6.07) is 6.37. The van der Waals surface area contributed by atoms with Crippen LogP contribution in [0.15, 0.2) is 18.2 Å². The minimum Gasteiger partial charge on any atom is -0.353 e. The molecule has 4 heteroatoms. The largest absolute Gasteiger partial charge is 0.353 e. The summed E-state index contributed by atoms with van der Waals surface area (Å²) in [6.45, 7) is 5.48. The molecule has 1 fully saturated rings. The quantitative estimate of drug-likeness (QED) is 0.761. The molecule has 1 aliphatic heterocycles. The van der Waals surface area contributed by atoms with Crippen molar-refractivity contribution >= 4 is 11.7 Å². The first kappa shape index (κ1) is 19.1. The van der Waals surface area contributed by atoms with Crippen molar-refractivity contribution in [1.29, 1.82) is 0 Å². The van der Waals surface area contributed by atoms with Gasteiger partial charge in [-0.25, -0.2) is 0 Å². The second-order valence-corrected chi connectivity index (χ2v) is 7.80. The number of carbonyl (C=O) groups is 2. The van der Waals surface area contributed by atoms with Crippen LogP contribution >= 0.6 is 0 Å². The normalized spacial score (nSPS) is 18.3. The zero-order valence-electron chi connectivity index (χ0n) is 16.1. The van der Waals surface area contributed by atoms with Crippen molar-refractivity contribution in [2.45, 2.75) is 70.8 Å². The first-order valence-corrected chi connectivity index (χ1v) is 10.3. The first-order valence-electron chi connectivity index (χ1n) is 10.3. The van der Waals surface area contributed by atoms with E-state index in [1.165, 1.54) is 30.4 Å². The number of piperidine rings is 1. The van der Waals surface area contributed by atoms with E-state index in [1.54, 1.807) is 0 Å². The molecule has 4 nitrogen and oxygen atoms in total. The minimum atomic E-state index is 0.0188. The van der Waals surface area contributed by atoms with Crippen molar-refractivity contribution in [3.8, 4) is 0 Å². The molecule has 1 aliphatic carbocycles. The molecule has 0 bridgehead atoms. The van der Waals surface area contributed by atoms with Crippen LogP contribution in [0.3, 0.4) is 0 Å². The third-order valence-electron chi connectivity index (χ3n) is 5.74. The van der Waals surface area contributed by atoms with Crippen LogP contribution in [-0.2, 0) is 17.6 Å². The van der Waals surface area contributed by atoms with Gasteiger partial charge in [-0.15, -0.1) is 0 Å². The van der Waals surface area contributed by atoms with Gasteiger partial charge in [0.25, 0.3) is 0 Å². The summed E-state index contributed by atoms with van der Waals surface area (Å²) >= 11 is 0. The molecule has 0 saturated carbocycles. The van der Waals surface area contributed by atoms with Crippen LogP contribution < -0.4 is 5.32 Å². The van der Waals surface area contributed by atoms with Gasteiger partial charge in [0, 0.05) is 37.5 Å². The number of hydrogen-bond acceptors (Lipinski definition) is 3. The van der Waals surface area contributed by atoms with Crippen molar-refractivity contribution in [2.75, 3.05) is 19.6 Å². The summed E-state index contributed by atoms with van der Waals surface area (Å²) in [4.78, 5) is 27.1. The Morgan fingerprint density at radius 1 is 1.08 bits per heavy atom. The van der Waals surface area contributed by atoms with Crippen LogP contribution in [0.4, 0.5) is 0 Å². The molecular weight excluding hydrogens is 324 g/mol. The monoisotopic (exact) mass is 356 g/mol. The Morgan fingerprint density at radius 3 is 2.54 bits per heavy atom. The molecule has 2 aliphatic rings. The number of benzene rings is 1. The third kappa shape index (κ3) is 5.16. The van der Waals surface area contributed by atoms with Gasteiger partial charge in [-0.3, -0.25) is 9.59 Å². The van der Waals surface area contributed by atoms with E-state index in [2.05, 4.69) is 29.3 Å². The van der Waals surface area contributed by atoms with Gasteiger partial charge in [-0.1, -0.05) is 19.1 Å². The number of hydrogen-bond donors (Lipinski definition) is 1. The van der Waals surface area contributed by atoms with Gasteiger partial charge in [0.05, 0.1) is 0 Å². The lowest BCUT2D eigenvalue weighted by Crippen LogP contribution is -2.44. The molecule has 3 rings (SSSR count). The highest BCUT2D eigenvalue weighted by atomic mass is 16.2. The van der Waals surface area contributed by atoms with Crippen molar-refractivity contribution in [3.05, 3.63) is 34.9 Å². The topological polar surface area (TPSA) is 49.4 Å². The molecule has 0 radical (unpaired) electrons. The molecule has 1 amide bonds. The van der Waals surface area contributed by atoms with E-state index in [4.69, 9.17) is 0 Å². The lowest BCUT2D eigenvalue weighted by atomic mass is 9.89. The summed E-state index contributed by atoms with van der Waals surface area (Å²) in [5.74, 6) is 0.108. The summed E-state index contributed by atoms with van der Waals surface area (Å²) in [5, 5.41) is 3.12. The minimum absolute atomic E-state index is 0.0188. The Bertz CT molecular complexity index is 633. The average molecular weight is 357 g/mol. The van der Waals surface area contributed by atoms with Gasteiger partial charge in [0.1, 0.15) is 0 Å². The number of nitrogens with zero attached hydrogens (tertiary/aromatic N) is 1. The summed E-state index contributed by atoms with van der Waals surface area (Å²) < 4.78 is 0.